The van der Waals surface area contributed by atoms with Crippen molar-refractivity contribution in [1.82, 2.24) is 0 Å². The van der Waals surface area contributed by atoms with Crippen molar-refractivity contribution in [3.05, 3.63) is 57.6 Å². The van der Waals surface area contributed by atoms with E-state index in [9.17, 15) is 9.59 Å². The second kappa shape index (κ2) is 11.4. The number of hydrogen-bond acceptors (Lipinski definition) is 4. The summed E-state index contributed by atoms with van der Waals surface area (Å²) in [6.07, 6.45) is 7.85. The van der Waals surface area contributed by atoms with E-state index in [1.165, 1.54) is 39.2 Å². The number of esters is 1. The highest BCUT2D eigenvalue weighted by Gasteiger charge is 2.17. The summed E-state index contributed by atoms with van der Waals surface area (Å²) in [6, 6.07) is 8.93. The standard InChI is InChI=1S/C26H32ClNO4/c1-17-13-21(32-12-11-19-7-5-4-6-8-19)14-18(2)25(17)26(30)28-23-15-20(9-10-22(23)27)16-24(29)31-3/h9-10,13-15,19H,4-8,11-12,16H2,1-3H3,(H,28,30). The predicted molar refractivity (Wildman–Crippen MR) is 128 cm³/mol. The molecule has 1 aliphatic carbocycles. The van der Waals surface area contributed by atoms with Crippen LogP contribution in [-0.2, 0) is 16.0 Å². The molecule has 2 aromatic carbocycles. The highest BCUT2D eigenvalue weighted by atomic mass is 35.5. The molecule has 0 heterocycles. The molecule has 1 fully saturated rings. The zero-order chi connectivity index (χ0) is 23.1. The van der Waals surface area contributed by atoms with Crippen molar-refractivity contribution in [3.63, 3.8) is 0 Å². The number of rotatable bonds is 8. The van der Waals surface area contributed by atoms with Gasteiger partial charge in [-0.3, -0.25) is 9.59 Å². The molecular formula is C26H32ClNO4. The molecule has 3 rings (SSSR count). The summed E-state index contributed by atoms with van der Waals surface area (Å²) in [5, 5.41) is 3.29. The molecule has 0 aliphatic heterocycles. The lowest BCUT2D eigenvalue weighted by Crippen LogP contribution is -2.16. The lowest BCUT2D eigenvalue weighted by atomic mass is 9.87. The quantitative estimate of drug-likeness (QED) is 0.474. The van der Waals surface area contributed by atoms with E-state index in [0.717, 1.165) is 29.2 Å². The van der Waals surface area contributed by atoms with Crippen molar-refractivity contribution in [2.75, 3.05) is 19.0 Å². The van der Waals surface area contributed by atoms with Crippen molar-refractivity contribution in [2.45, 2.75) is 58.8 Å². The molecule has 0 unspecified atom stereocenters. The van der Waals surface area contributed by atoms with E-state index in [2.05, 4.69) is 5.32 Å². The molecule has 1 amide bonds. The van der Waals surface area contributed by atoms with Gasteiger partial charge in [0.1, 0.15) is 5.75 Å². The fourth-order valence-electron chi connectivity index (χ4n) is 4.39. The summed E-state index contributed by atoms with van der Waals surface area (Å²) in [7, 11) is 1.34. The van der Waals surface area contributed by atoms with Crippen LogP contribution in [0.3, 0.4) is 0 Å². The maximum atomic E-state index is 13.0. The first-order valence-corrected chi connectivity index (χ1v) is 11.7. The van der Waals surface area contributed by atoms with E-state index in [1.807, 2.05) is 26.0 Å². The molecule has 0 saturated heterocycles. The molecule has 0 bridgehead atoms. The average Bonchev–Trinajstić information content (AvgIpc) is 2.76. The maximum Gasteiger partial charge on any atom is 0.309 e. The fourth-order valence-corrected chi connectivity index (χ4v) is 4.55. The first-order chi connectivity index (χ1) is 15.4. The number of anilines is 1. The van der Waals surface area contributed by atoms with Gasteiger partial charge >= 0.3 is 5.97 Å². The molecular weight excluding hydrogens is 426 g/mol. The molecule has 0 atom stereocenters. The summed E-state index contributed by atoms with van der Waals surface area (Å²) in [6.45, 7) is 4.52. The minimum absolute atomic E-state index is 0.113. The van der Waals surface area contributed by atoms with Crippen molar-refractivity contribution >= 4 is 29.2 Å². The third-order valence-electron chi connectivity index (χ3n) is 6.11. The summed E-state index contributed by atoms with van der Waals surface area (Å²) < 4.78 is 10.7. The second-order valence-corrected chi connectivity index (χ2v) is 9.00. The Kier molecular flexibility index (Phi) is 8.57. The SMILES string of the molecule is COC(=O)Cc1ccc(Cl)c(NC(=O)c2c(C)cc(OCCC3CCCCC3)cc2C)c1. The molecule has 0 aromatic heterocycles. The Bertz CT molecular complexity index is 943. The Balaban J connectivity index is 1.66. The number of methoxy groups -OCH3 is 1. The largest absolute Gasteiger partial charge is 0.494 e. The molecule has 172 valence electrons. The van der Waals surface area contributed by atoms with Crippen molar-refractivity contribution in [1.29, 1.82) is 0 Å². The number of ether oxygens (including phenoxy) is 2. The minimum atomic E-state index is -0.352. The van der Waals surface area contributed by atoms with E-state index in [4.69, 9.17) is 21.1 Å². The van der Waals surface area contributed by atoms with Gasteiger partial charge in [-0.1, -0.05) is 49.8 Å². The Labute approximate surface area is 195 Å². The van der Waals surface area contributed by atoms with Crippen LogP contribution in [0.25, 0.3) is 0 Å². The van der Waals surface area contributed by atoms with E-state index in [1.54, 1.807) is 18.2 Å². The summed E-state index contributed by atoms with van der Waals surface area (Å²) in [4.78, 5) is 24.6. The summed E-state index contributed by atoms with van der Waals surface area (Å²) in [5.74, 6) is 0.974. The molecule has 6 heteroatoms. The predicted octanol–water partition coefficient (Wildman–Crippen LogP) is 6.27. The van der Waals surface area contributed by atoms with Crippen LogP contribution >= 0.6 is 11.6 Å². The number of aryl methyl sites for hydroxylation is 2. The third-order valence-corrected chi connectivity index (χ3v) is 6.44. The number of halogens is 1. The van der Waals surface area contributed by atoms with Gasteiger partial charge in [0.2, 0.25) is 0 Å². The van der Waals surface area contributed by atoms with E-state index in [-0.39, 0.29) is 18.3 Å². The first kappa shape index (κ1) is 24.1. The van der Waals surface area contributed by atoms with Gasteiger partial charge in [-0.05, 0) is 67.1 Å². The number of benzene rings is 2. The van der Waals surface area contributed by atoms with Gasteiger partial charge < -0.3 is 14.8 Å². The van der Waals surface area contributed by atoms with Crippen LogP contribution in [0.2, 0.25) is 5.02 Å². The lowest BCUT2D eigenvalue weighted by Gasteiger charge is -2.21. The normalized spacial score (nSPS) is 14.1. The van der Waals surface area contributed by atoms with Crippen LogP contribution in [0.1, 0.15) is 65.6 Å². The number of carbonyl (C=O) groups is 2. The Morgan fingerprint density at radius 3 is 2.41 bits per heavy atom. The molecule has 32 heavy (non-hydrogen) atoms. The zero-order valence-corrected chi connectivity index (χ0v) is 19.9. The topological polar surface area (TPSA) is 64.6 Å². The van der Waals surface area contributed by atoms with Gasteiger partial charge in [0.05, 0.1) is 30.8 Å². The van der Waals surface area contributed by atoms with Gasteiger partial charge in [-0.25, -0.2) is 0 Å². The van der Waals surface area contributed by atoms with E-state index in [0.29, 0.717) is 28.4 Å². The van der Waals surface area contributed by atoms with Gasteiger partial charge in [0, 0.05) is 5.56 Å². The average molecular weight is 458 g/mol. The third kappa shape index (κ3) is 6.49. The van der Waals surface area contributed by atoms with Gasteiger partial charge in [0.15, 0.2) is 0 Å². The molecule has 5 nitrogen and oxygen atoms in total. The first-order valence-electron chi connectivity index (χ1n) is 11.3. The lowest BCUT2D eigenvalue weighted by molar-refractivity contribution is -0.139. The monoisotopic (exact) mass is 457 g/mol. The van der Waals surface area contributed by atoms with Gasteiger partial charge in [-0.2, -0.15) is 0 Å². The van der Waals surface area contributed by atoms with Crippen LogP contribution in [0.4, 0.5) is 5.69 Å². The number of hydrogen-bond donors (Lipinski definition) is 1. The van der Waals surface area contributed by atoms with Crippen molar-refractivity contribution in [2.24, 2.45) is 5.92 Å². The van der Waals surface area contributed by atoms with Crippen LogP contribution < -0.4 is 10.1 Å². The van der Waals surface area contributed by atoms with Crippen LogP contribution in [0, 0.1) is 19.8 Å². The molecule has 1 aliphatic rings. The molecule has 2 aromatic rings. The number of carbonyl (C=O) groups excluding carboxylic acids is 2. The fraction of sp³-hybridized carbons (Fsp3) is 0.462. The zero-order valence-electron chi connectivity index (χ0n) is 19.1. The summed E-state index contributed by atoms with van der Waals surface area (Å²) in [5.41, 5.74) is 3.46. The van der Waals surface area contributed by atoms with Gasteiger partial charge in [0.25, 0.3) is 5.91 Å². The smallest absolute Gasteiger partial charge is 0.309 e. The van der Waals surface area contributed by atoms with Gasteiger partial charge in [-0.15, -0.1) is 0 Å². The second-order valence-electron chi connectivity index (χ2n) is 8.59. The Hall–Kier alpha value is -2.53. The minimum Gasteiger partial charge on any atom is -0.494 e. The van der Waals surface area contributed by atoms with Crippen LogP contribution in [0.5, 0.6) is 5.75 Å². The van der Waals surface area contributed by atoms with E-state index < -0.39 is 0 Å². The Morgan fingerprint density at radius 2 is 1.75 bits per heavy atom. The summed E-state index contributed by atoms with van der Waals surface area (Å²) >= 11 is 6.27. The number of nitrogens with one attached hydrogen (secondary N) is 1. The molecule has 0 radical (unpaired) electrons. The maximum absolute atomic E-state index is 13.0. The highest BCUT2D eigenvalue weighted by molar-refractivity contribution is 6.34. The van der Waals surface area contributed by atoms with Crippen molar-refractivity contribution in [3.8, 4) is 5.75 Å². The highest BCUT2D eigenvalue weighted by Crippen LogP contribution is 2.29. The van der Waals surface area contributed by atoms with E-state index >= 15 is 0 Å². The molecule has 1 saturated carbocycles. The Morgan fingerprint density at radius 1 is 1.06 bits per heavy atom. The molecule has 0 spiro atoms. The van der Waals surface area contributed by atoms with Crippen LogP contribution in [0.15, 0.2) is 30.3 Å². The number of amides is 1. The van der Waals surface area contributed by atoms with Crippen LogP contribution in [-0.4, -0.2) is 25.6 Å². The molecule has 1 N–H and O–H groups in total. The van der Waals surface area contributed by atoms with Crippen molar-refractivity contribution < 1.29 is 19.1 Å².